The van der Waals surface area contributed by atoms with Crippen molar-refractivity contribution in [2.75, 3.05) is 39.5 Å². The Balaban J connectivity index is 2.08. The first-order valence-electron chi connectivity index (χ1n) is 6.18. The van der Waals surface area contributed by atoms with E-state index in [4.69, 9.17) is 14.6 Å². The van der Waals surface area contributed by atoms with Gasteiger partial charge in [-0.1, -0.05) is 12.1 Å². The normalized spacial score (nSPS) is 12.4. The SMILES string of the molecule is OCCOCCNC[C@@H](O)COc1ccccc1F. The molecule has 0 saturated heterocycles. The zero-order valence-electron chi connectivity index (χ0n) is 10.7. The van der Waals surface area contributed by atoms with Gasteiger partial charge in [-0.3, -0.25) is 0 Å². The smallest absolute Gasteiger partial charge is 0.165 e. The quantitative estimate of drug-likeness (QED) is 0.530. The maximum absolute atomic E-state index is 13.2. The van der Waals surface area contributed by atoms with Crippen molar-refractivity contribution in [2.45, 2.75) is 6.10 Å². The predicted molar refractivity (Wildman–Crippen MR) is 68.7 cm³/mol. The third-order valence-corrected chi connectivity index (χ3v) is 2.31. The van der Waals surface area contributed by atoms with Gasteiger partial charge in [-0.05, 0) is 12.1 Å². The summed E-state index contributed by atoms with van der Waals surface area (Å²) in [6, 6.07) is 6.06. The van der Waals surface area contributed by atoms with Crippen LogP contribution in [0.4, 0.5) is 4.39 Å². The number of ether oxygens (including phenoxy) is 2. The topological polar surface area (TPSA) is 71.0 Å². The second-order valence-corrected chi connectivity index (χ2v) is 3.94. The van der Waals surface area contributed by atoms with E-state index in [1.165, 1.54) is 12.1 Å². The van der Waals surface area contributed by atoms with E-state index < -0.39 is 11.9 Å². The minimum atomic E-state index is -0.725. The van der Waals surface area contributed by atoms with Gasteiger partial charge in [0.15, 0.2) is 11.6 Å². The van der Waals surface area contributed by atoms with Crippen molar-refractivity contribution in [1.82, 2.24) is 5.32 Å². The molecule has 19 heavy (non-hydrogen) atoms. The molecule has 0 aliphatic rings. The number of benzene rings is 1. The second-order valence-electron chi connectivity index (χ2n) is 3.94. The van der Waals surface area contributed by atoms with Gasteiger partial charge in [0.25, 0.3) is 0 Å². The van der Waals surface area contributed by atoms with Gasteiger partial charge in [0.1, 0.15) is 12.7 Å². The van der Waals surface area contributed by atoms with Crippen LogP contribution in [0.1, 0.15) is 0 Å². The van der Waals surface area contributed by atoms with E-state index in [1.54, 1.807) is 12.1 Å². The van der Waals surface area contributed by atoms with Crippen LogP contribution in [0.3, 0.4) is 0 Å². The molecule has 0 aromatic heterocycles. The second kappa shape index (κ2) is 9.69. The van der Waals surface area contributed by atoms with E-state index in [-0.39, 0.29) is 19.0 Å². The van der Waals surface area contributed by atoms with Crippen LogP contribution in [0.25, 0.3) is 0 Å². The van der Waals surface area contributed by atoms with Gasteiger partial charge < -0.3 is 25.0 Å². The van der Waals surface area contributed by atoms with Crippen molar-refractivity contribution in [2.24, 2.45) is 0 Å². The van der Waals surface area contributed by atoms with Crippen LogP contribution < -0.4 is 10.1 Å². The number of hydrogen-bond donors (Lipinski definition) is 3. The molecule has 0 heterocycles. The Hall–Kier alpha value is -1.21. The van der Waals surface area contributed by atoms with Crippen LogP contribution in [0, 0.1) is 5.82 Å². The molecule has 1 aromatic carbocycles. The van der Waals surface area contributed by atoms with E-state index in [2.05, 4.69) is 5.32 Å². The summed E-state index contributed by atoms with van der Waals surface area (Å²) in [6.45, 7) is 1.68. The van der Waals surface area contributed by atoms with Crippen molar-refractivity contribution < 1.29 is 24.1 Å². The van der Waals surface area contributed by atoms with Crippen molar-refractivity contribution >= 4 is 0 Å². The van der Waals surface area contributed by atoms with E-state index in [0.29, 0.717) is 26.3 Å². The van der Waals surface area contributed by atoms with Crippen LogP contribution in [-0.4, -0.2) is 55.8 Å². The fraction of sp³-hybridized carbons (Fsp3) is 0.538. The standard InChI is InChI=1S/C13H20FNO4/c14-12-3-1-2-4-13(12)19-10-11(17)9-15-5-7-18-8-6-16/h1-4,11,15-17H,5-10H2/t11-/m1/s1. The average Bonchev–Trinajstić information content (AvgIpc) is 2.42. The molecule has 0 fully saturated rings. The molecular weight excluding hydrogens is 253 g/mol. The summed E-state index contributed by atoms with van der Waals surface area (Å²) in [5, 5.41) is 21.1. The Morgan fingerprint density at radius 1 is 1.26 bits per heavy atom. The number of aliphatic hydroxyl groups is 2. The highest BCUT2D eigenvalue weighted by molar-refractivity contribution is 5.23. The van der Waals surface area contributed by atoms with E-state index in [0.717, 1.165) is 0 Å². The van der Waals surface area contributed by atoms with Crippen molar-refractivity contribution in [3.63, 3.8) is 0 Å². The molecule has 6 heteroatoms. The number of aliphatic hydroxyl groups excluding tert-OH is 2. The predicted octanol–water partition coefficient (Wildman–Crippen LogP) is 0.164. The molecule has 0 bridgehead atoms. The lowest BCUT2D eigenvalue weighted by Gasteiger charge is -2.13. The molecule has 1 atom stereocenters. The number of rotatable bonds is 10. The number of para-hydroxylation sites is 1. The molecule has 5 nitrogen and oxygen atoms in total. The van der Waals surface area contributed by atoms with Crippen LogP contribution in [-0.2, 0) is 4.74 Å². The Morgan fingerprint density at radius 3 is 2.79 bits per heavy atom. The minimum absolute atomic E-state index is 0.000888. The molecule has 1 rings (SSSR count). The third-order valence-electron chi connectivity index (χ3n) is 2.31. The van der Waals surface area contributed by atoms with E-state index in [1.807, 2.05) is 0 Å². The van der Waals surface area contributed by atoms with Crippen LogP contribution in [0.2, 0.25) is 0 Å². The van der Waals surface area contributed by atoms with Crippen molar-refractivity contribution in [3.05, 3.63) is 30.1 Å². The highest BCUT2D eigenvalue weighted by Gasteiger charge is 2.07. The number of hydrogen-bond acceptors (Lipinski definition) is 5. The Labute approximate surface area is 112 Å². The largest absolute Gasteiger partial charge is 0.488 e. The van der Waals surface area contributed by atoms with Crippen molar-refractivity contribution in [3.8, 4) is 5.75 Å². The minimum Gasteiger partial charge on any atom is -0.488 e. The van der Waals surface area contributed by atoms with Gasteiger partial charge in [0.05, 0.1) is 19.8 Å². The third kappa shape index (κ3) is 7.07. The van der Waals surface area contributed by atoms with Gasteiger partial charge in [-0.25, -0.2) is 4.39 Å². The fourth-order valence-corrected chi connectivity index (χ4v) is 1.39. The van der Waals surface area contributed by atoms with Gasteiger partial charge in [-0.15, -0.1) is 0 Å². The monoisotopic (exact) mass is 273 g/mol. The first-order chi connectivity index (χ1) is 9.24. The van der Waals surface area contributed by atoms with Crippen LogP contribution in [0.15, 0.2) is 24.3 Å². The summed E-state index contributed by atoms with van der Waals surface area (Å²) in [4.78, 5) is 0. The highest BCUT2D eigenvalue weighted by atomic mass is 19.1. The van der Waals surface area contributed by atoms with Crippen molar-refractivity contribution in [1.29, 1.82) is 0 Å². The summed E-state index contributed by atoms with van der Waals surface area (Å²) >= 11 is 0. The number of halogens is 1. The Kier molecular flexibility index (Phi) is 8.08. The molecular formula is C13H20FNO4. The highest BCUT2D eigenvalue weighted by Crippen LogP contribution is 2.15. The molecule has 0 amide bonds. The first-order valence-corrected chi connectivity index (χ1v) is 6.18. The molecule has 0 spiro atoms. The zero-order valence-corrected chi connectivity index (χ0v) is 10.7. The molecule has 0 aliphatic carbocycles. The van der Waals surface area contributed by atoms with Crippen LogP contribution in [0.5, 0.6) is 5.75 Å². The summed E-state index contributed by atoms with van der Waals surface area (Å²) in [5.74, 6) is -0.312. The fourth-order valence-electron chi connectivity index (χ4n) is 1.39. The average molecular weight is 273 g/mol. The lowest BCUT2D eigenvalue weighted by Crippen LogP contribution is -2.33. The number of nitrogens with one attached hydrogen (secondary N) is 1. The molecule has 1 aromatic rings. The van der Waals surface area contributed by atoms with Crippen LogP contribution >= 0.6 is 0 Å². The van der Waals surface area contributed by atoms with E-state index >= 15 is 0 Å². The molecule has 0 unspecified atom stereocenters. The summed E-state index contributed by atoms with van der Waals surface area (Å²) in [7, 11) is 0. The molecule has 3 N–H and O–H groups in total. The lowest BCUT2D eigenvalue weighted by atomic mass is 10.3. The van der Waals surface area contributed by atoms with Gasteiger partial charge in [-0.2, -0.15) is 0 Å². The molecule has 0 saturated carbocycles. The Bertz CT molecular complexity index is 351. The summed E-state index contributed by atoms with van der Waals surface area (Å²) < 4.78 is 23.4. The Morgan fingerprint density at radius 2 is 2.05 bits per heavy atom. The zero-order chi connectivity index (χ0) is 13.9. The van der Waals surface area contributed by atoms with Gasteiger partial charge in [0.2, 0.25) is 0 Å². The molecule has 0 aliphatic heterocycles. The molecule has 108 valence electrons. The van der Waals surface area contributed by atoms with Gasteiger partial charge in [0, 0.05) is 13.1 Å². The van der Waals surface area contributed by atoms with E-state index in [9.17, 15) is 9.50 Å². The first kappa shape index (κ1) is 15.8. The lowest BCUT2D eigenvalue weighted by molar-refractivity contribution is 0.0836. The summed E-state index contributed by atoms with van der Waals surface area (Å²) in [5.41, 5.74) is 0. The summed E-state index contributed by atoms with van der Waals surface area (Å²) in [6.07, 6.45) is -0.725. The molecule has 0 radical (unpaired) electrons. The maximum atomic E-state index is 13.2. The maximum Gasteiger partial charge on any atom is 0.165 e. The van der Waals surface area contributed by atoms with Gasteiger partial charge >= 0.3 is 0 Å².